The number of hydrogen-bond acceptors (Lipinski definition) is 10. The highest BCUT2D eigenvalue weighted by Crippen LogP contribution is 2.26. The summed E-state index contributed by atoms with van der Waals surface area (Å²) in [7, 11) is 0.404. The Morgan fingerprint density at radius 3 is 2.52 bits per heavy atom. The first-order chi connectivity index (χ1) is 15.8. The lowest BCUT2D eigenvalue weighted by Crippen LogP contribution is -2.33. The molecule has 0 saturated heterocycles. The second-order valence-corrected chi connectivity index (χ2v) is 9.30. The molecule has 3 aromatic heterocycles. The van der Waals surface area contributed by atoms with Crippen LogP contribution in [0.3, 0.4) is 0 Å². The van der Waals surface area contributed by atoms with Crippen LogP contribution in [0.2, 0.25) is 5.02 Å². The van der Waals surface area contributed by atoms with E-state index in [2.05, 4.69) is 29.9 Å². The number of aromatic nitrogens is 6. The predicted molar refractivity (Wildman–Crippen MR) is 120 cm³/mol. The van der Waals surface area contributed by atoms with Crippen LogP contribution in [0.4, 0.5) is 5.95 Å². The van der Waals surface area contributed by atoms with Crippen molar-refractivity contribution in [2.45, 2.75) is 24.8 Å². The summed E-state index contributed by atoms with van der Waals surface area (Å²) in [6.45, 7) is 2.05. The molecule has 3 aromatic rings. The van der Waals surface area contributed by atoms with Crippen LogP contribution in [0.25, 0.3) is 11.5 Å². The van der Waals surface area contributed by atoms with Crippen LogP contribution >= 0.6 is 11.6 Å². The maximum Gasteiger partial charge on any atom is 0.240 e. The molecule has 1 N–H and O–H groups in total. The summed E-state index contributed by atoms with van der Waals surface area (Å²) in [5.74, 6) is 0.920. The second kappa shape index (κ2) is 10.8. The maximum atomic E-state index is 13.2. The average Bonchev–Trinajstić information content (AvgIpc) is 3.20. The lowest BCUT2D eigenvalue weighted by molar-refractivity contribution is 0.0950. The molecule has 33 heavy (non-hydrogen) atoms. The van der Waals surface area contributed by atoms with Crippen LogP contribution in [-0.4, -0.2) is 71.3 Å². The number of anilines is 1. The summed E-state index contributed by atoms with van der Waals surface area (Å²) >= 11 is 5.83. The number of hydrogen-bond donors (Lipinski definition) is 1. The molecule has 0 spiro atoms. The van der Waals surface area contributed by atoms with Crippen LogP contribution in [0, 0.1) is 0 Å². The van der Waals surface area contributed by atoms with Crippen molar-refractivity contribution >= 4 is 27.6 Å². The van der Waals surface area contributed by atoms with Gasteiger partial charge in [-0.15, -0.1) is 10.2 Å². The Morgan fingerprint density at radius 1 is 1.15 bits per heavy atom. The van der Waals surface area contributed by atoms with Gasteiger partial charge in [-0.3, -0.25) is 9.29 Å². The van der Waals surface area contributed by atoms with E-state index in [1.807, 2.05) is 0 Å². The molecule has 0 fully saturated rings. The van der Waals surface area contributed by atoms with Crippen LogP contribution in [0.15, 0.2) is 30.6 Å². The first-order valence-corrected chi connectivity index (χ1v) is 11.7. The monoisotopic (exact) mass is 497 g/mol. The molecule has 0 aliphatic heterocycles. The third-order valence-electron chi connectivity index (χ3n) is 4.73. The summed E-state index contributed by atoms with van der Waals surface area (Å²) in [5, 5.41) is 7.42. The normalized spacial score (nSPS) is 13.5. The Bertz CT molecular complexity index is 1170. The molecular formula is C19H24ClN7O5S. The van der Waals surface area contributed by atoms with Crippen molar-refractivity contribution in [3.05, 3.63) is 41.4 Å². The zero-order chi connectivity index (χ0) is 24.0. The third-order valence-corrected chi connectivity index (χ3v) is 6.62. The molecule has 0 saturated carbocycles. The van der Waals surface area contributed by atoms with Crippen LogP contribution in [0.1, 0.15) is 18.9 Å². The number of nitrogens with zero attached hydrogens (tertiary/aromatic N) is 6. The zero-order valence-electron chi connectivity index (χ0n) is 18.5. The Kier molecular flexibility index (Phi) is 8.13. The zero-order valence-corrected chi connectivity index (χ0v) is 20.0. The number of rotatable bonds is 11. The molecule has 0 aliphatic rings. The standard InChI is InChI=1S/C19H24ClN7O5S/c1-12(16(32-4)17-21-10-13(20)11-22-17)33(28,29)26-19-25-24-18(27(19)8-9-30-2)14-6-5-7-15(23-14)31-3/h5-7,10-12,16H,8-9H2,1-4H3,(H,25,26)/t12-,16+/m0/s1. The number of ether oxygens (including phenoxy) is 3. The average molecular weight is 498 g/mol. The van der Waals surface area contributed by atoms with E-state index in [-0.39, 0.29) is 18.3 Å². The van der Waals surface area contributed by atoms with Gasteiger partial charge in [-0.2, -0.15) is 0 Å². The molecule has 0 radical (unpaired) electrons. The number of nitrogens with one attached hydrogen (secondary N) is 1. The lowest BCUT2D eigenvalue weighted by Gasteiger charge is -2.22. The fourth-order valence-corrected chi connectivity index (χ4v) is 4.22. The summed E-state index contributed by atoms with van der Waals surface area (Å²) < 4.78 is 46.2. The molecule has 0 amide bonds. The van der Waals surface area contributed by atoms with E-state index in [4.69, 9.17) is 25.8 Å². The molecule has 12 nitrogen and oxygen atoms in total. The summed E-state index contributed by atoms with van der Waals surface area (Å²) in [6, 6.07) is 5.15. The maximum absolute atomic E-state index is 13.2. The van der Waals surface area contributed by atoms with E-state index < -0.39 is 21.4 Å². The van der Waals surface area contributed by atoms with Gasteiger partial charge in [0.1, 0.15) is 17.0 Å². The van der Waals surface area contributed by atoms with E-state index >= 15 is 0 Å². The van der Waals surface area contributed by atoms with Gasteiger partial charge in [0, 0.05) is 32.7 Å². The van der Waals surface area contributed by atoms with Crippen molar-refractivity contribution in [2.75, 3.05) is 32.7 Å². The SMILES string of the molecule is COCCn1c(NS(=O)(=O)[C@@H](C)[C@@H](OC)c2ncc(Cl)cn2)nnc1-c1cccc(OC)n1. The molecule has 3 rings (SSSR count). The van der Waals surface area contributed by atoms with Gasteiger partial charge in [0.05, 0.1) is 25.3 Å². The quantitative estimate of drug-likeness (QED) is 0.417. The highest BCUT2D eigenvalue weighted by Gasteiger charge is 2.34. The van der Waals surface area contributed by atoms with E-state index in [1.165, 1.54) is 40.6 Å². The smallest absolute Gasteiger partial charge is 0.240 e. The Labute approximate surface area is 196 Å². The van der Waals surface area contributed by atoms with Crippen molar-refractivity contribution < 1.29 is 22.6 Å². The molecule has 178 valence electrons. The van der Waals surface area contributed by atoms with E-state index in [1.54, 1.807) is 22.8 Å². The molecule has 0 aromatic carbocycles. The minimum atomic E-state index is -4.01. The van der Waals surface area contributed by atoms with Crippen molar-refractivity contribution in [3.8, 4) is 17.4 Å². The molecular weight excluding hydrogens is 474 g/mol. The lowest BCUT2D eigenvalue weighted by atomic mass is 10.2. The highest BCUT2D eigenvalue weighted by atomic mass is 35.5. The third kappa shape index (κ3) is 5.74. The summed E-state index contributed by atoms with van der Waals surface area (Å²) in [5.41, 5.74) is 0.459. The van der Waals surface area contributed by atoms with Gasteiger partial charge >= 0.3 is 0 Å². The fraction of sp³-hybridized carbons (Fsp3) is 0.421. The number of sulfonamides is 1. The van der Waals surface area contributed by atoms with Gasteiger partial charge in [0.15, 0.2) is 11.6 Å². The number of pyridine rings is 1. The number of methoxy groups -OCH3 is 3. The van der Waals surface area contributed by atoms with Gasteiger partial charge in [-0.1, -0.05) is 17.7 Å². The molecule has 14 heteroatoms. The largest absolute Gasteiger partial charge is 0.481 e. The van der Waals surface area contributed by atoms with Gasteiger partial charge in [-0.05, 0) is 13.0 Å². The van der Waals surface area contributed by atoms with Gasteiger partial charge in [-0.25, -0.2) is 23.4 Å². The van der Waals surface area contributed by atoms with Crippen LogP contribution in [0.5, 0.6) is 5.88 Å². The Hall–Kier alpha value is -2.87. The Morgan fingerprint density at radius 2 is 1.88 bits per heavy atom. The first-order valence-electron chi connectivity index (χ1n) is 9.76. The Balaban J connectivity index is 1.93. The first kappa shape index (κ1) is 24.8. The molecule has 0 unspecified atom stereocenters. The predicted octanol–water partition coefficient (Wildman–Crippen LogP) is 1.96. The summed E-state index contributed by atoms with van der Waals surface area (Å²) in [4.78, 5) is 12.5. The van der Waals surface area contributed by atoms with E-state index in [9.17, 15) is 8.42 Å². The topological polar surface area (TPSA) is 143 Å². The molecule has 2 atom stereocenters. The van der Waals surface area contributed by atoms with Crippen molar-refractivity contribution in [3.63, 3.8) is 0 Å². The minimum Gasteiger partial charge on any atom is -0.481 e. The van der Waals surface area contributed by atoms with Crippen molar-refractivity contribution in [1.29, 1.82) is 0 Å². The minimum absolute atomic E-state index is 0.00500. The fourth-order valence-electron chi connectivity index (χ4n) is 2.97. The van der Waals surface area contributed by atoms with E-state index in [0.717, 1.165) is 0 Å². The van der Waals surface area contributed by atoms with E-state index in [0.29, 0.717) is 29.0 Å². The van der Waals surface area contributed by atoms with Crippen molar-refractivity contribution in [2.24, 2.45) is 0 Å². The van der Waals surface area contributed by atoms with Crippen molar-refractivity contribution in [1.82, 2.24) is 29.7 Å². The summed E-state index contributed by atoms with van der Waals surface area (Å²) in [6.07, 6.45) is 1.80. The van der Waals surface area contributed by atoms with Gasteiger partial charge < -0.3 is 14.2 Å². The number of halogens is 1. The molecule has 0 aliphatic carbocycles. The highest BCUT2D eigenvalue weighted by molar-refractivity contribution is 7.93. The molecule has 0 bridgehead atoms. The van der Waals surface area contributed by atoms with Gasteiger partial charge in [0.25, 0.3) is 0 Å². The van der Waals surface area contributed by atoms with Gasteiger partial charge in [0.2, 0.25) is 21.9 Å². The second-order valence-electron chi connectivity index (χ2n) is 6.82. The molecule has 3 heterocycles. The van der Waals surface area contributed by atoms with Crippen LogP contribution < -0.4 is 9.46 Å². The van der Waals surface area contributed by atoms with Crippen LogP contribution in [-0.2, 0) is 26.0 Å².